The Morgan fingerprint density at radius 1 is 1.56 bits per heavy atom. The molecule has 4 nitrogen and oxygen atoms in total. The van der Waals surface area contributed by atoms with Crippen molar-refractivity contribution >= 4 is 17.7 Å². The summed E-state index contributed by atoms with van der Waals surface area (Å²) in [6, 6.07) is 5.39. The van der Waals surface area contributed by atoms with Gasteiger partial charge in [0.05, 0.1) is 5.02 Å². The zero-order chi connectivity index (χ0) is 13.1. The molecule has 0 spiro atoms. The fraction of sp³-hybridized carbons (Fsp3) is 0.462. The molecule has 1 aromatic carbocycles. The fourth-order valence-electron chi connectivity index (χ4n) is 2.02. The maximum atomic E-state index is 12.0. The first-order valence-electron chi connectivity index (χ1n) is 6.05. The van der Waals surface area contributed by atoms with Crippen LogP contribution in [0.4, 0.5) is 4.79 Å². The minimum absolute atomic E-state index is 0.0410. The average Bonchev–Trinajstić information content (AvgIpc) is 2.34. The number of amides is 1. The quantitative estimate of drug-likeness (QED) is 0.852. The SMILES string of the molecule is Cc1ccc(Cl)c(OC(=O)N2CCCC(N)C2)c1. The zero-order valence-electron chi connectivity index (χ0n) is 10.4. The van der Waals surface area contributed by atoms with Crippen LogP contribution >= 0.6 is 11.6 Å². The highest BCUT2D eigenvalue weighted by Gasteiger charge is 2.23. The molecule has 1 aromatic rings. The summed E-state index contributed by atoms with van der Waals surface area (Å²) in [6.45, 7) is 3.16. The first-order valence-corrected chi connectivity index (χ1v) is 6.42. The Bertz CT molecular complexity index is 451. The first-order chi connectivity index (χ1) is 8.56. The molecule has 0 radical (unpaired) electrons. The molecule has 0 aromatic heterocycles. The van der Waals surface area contributed by atoms with Crippen LogP contribution in [0.3, 0.4) is 0 Å². The molecule has 0 aliphatic carbocycles. The minimum Gasteiger partial charge on any atom is -0.409 e. The zero-order valence-corrected chi connectivity index (χ0v) is 11.1. The van der Waals surface area contributed by atoms with Crippen molar-refractivity contribution in [1.82, 2.24) is 4.90 Å². The maximum absolute atomic E-state index is 12.0. The number of hydrogen-bond donors (Lipinski definition) is 1. The Kier molecular flexibility index (Phi) is 4.09. The van der Waals surface area contributed by atoms with E-state index < -0.39 is 0 Å². The van der Waals surface area contributed by atoms with E-state index in [4.69, 9.17) is 22.1 Å². The molecule has 1 aliphatic heterocycles. The highest BCUT2D eigenvalue weighted by Crippen LogP contribution is 2.26. The van der Waals surface area contributed by atoms with Crippen molar-refractivity contribution in [3.63, 3.8) is 0 Å². The van der Waals surface area contributed by atoms with Gasteiger partial charge < -0.3 is 15.4 Å². The number of carbonyl (C=O) groups is 1. The highest BCUT2D eigenvalue weighted by molar-refractivity contribution is 6.32. The number of carbonyl (C=O) groups excluding carboxylic acids is 1. The van der Waals surface area contributed by atoms with E-state index in [9.17, 15) is 4.79 Å². The molecule has 0 bridgehead atoms. The number of halogens is 1. The number of ether oxygens (including phenoxy) is 1. The second kappa shape index (κ2) is 5.59. The van der Waals surface area contributed by atoms with Crippen molar-refractivity contribution in [3.8, 4) is 5.75 Å². The molecule has 0 saturated carbocycles. The lowest BCUT2D eigenvalue weighted by atomic mass is 10.1. The smallest absolute Gasteiger partial charge is 0.409 e. The molecule has 5 heteroatoms. The van der Waals surface area contributed by atoms with Gasteiger partial charge >= 0.3 is 6.09 Å². The van der Waals surface area contributed by atoms with Crippen LogP contribution in [-0.2, 0) is 0 Å². The second-order valence-corrected chi connectivity index (χ2v) is 5.06. The van der Waals surface area contributed by atoms with Gasteiger partial charge in [-0.2, -0.15) is 0 Å². The number of likely N-dealkylation sites (tertiary alicyclic amines) is 1. The predicted molar refractivity (Wildman–Crippen MR) is 71.0 cm³/mol. The molecule has 18 heavy (non-hydrogen) atoms. The van der Waals surface area contributed by atoms with E-state index in [2.05, 4.69) is 0 Å². The van der Waals surface area contributed by atoms with Gasteiger partial charge in [-0.1, -0.05) is 17.7 Å². The molecular formula is C13H17ClN2O2. The van der Waals surface area contributed by atoms with Crippen LogP contribution in [0.5, 0.6) is 5.75 Å². The third kappa shape index (κ3) is 3.15. The molecular weight excluding hydrogens is 252 g/mol. The molecule has 1 aliphatic rings. The standard InChI is InChI=1S/C13H17ClN2O2/c1-9-4-5-11(14)12(7-9)18-13(17)16-6-2-3-10(15)8-16/h4-5,7,10H,2-3,6,8,15H2,1H3. The van der Waals surface area contributed by atoms with Gasteiger partial charge in [0.1, 0.15) is 0 Å². The van der Waals surface area contributed by atoms with Crippen molar-refractivity contribution in [3.05, 3.63) is 28.8 Å². The van der Waals surface area contributed by atoms with Gasteiger partial charge in [-0.25, -0.2) is 4.79 Å². The second-order valence-electron chi connectivity index (χ2n) is 4.65. The van der Waals surface area contributed by atoms with Crippen molar-refractivity contribution < 1.29 is 9.53 Å². The van der Waals surface area contributed by atoms with Crippen molar-refractivity contribution in [2.75, 3.05) is 13.1 Å². The van der Waals surface area contributed by atoms with Crippen LogP contribution in [0.25, 0.3) is 0 Å². The molecule has 1 amide bonds. The summed E-state index contributed by atoms with van der Waals surface area (Å²) in [5, 5.41) is 0.440. The summed E-state index contributed by atoms with van der Waals surface area (Å²) in [7, 11) is 0. The van der Waals surface area contributed by atoms with Gasteiger partial charge in [0.2, 0.25) is 0 Å². The Morgan fingerprint density at radius 3 is 3.06 bits per heavy atom. The topological polar surface area (TPSA) is 55.6 Å². The van der Waals surface area contributed by atoms with E-state index in [0.717, 1.165) is 18.4 Å². The number of piperidine rings is 1. The molecule has 1 unspecified atom stereocenters. The molecule has 2 N–H and O–H groups in total. The number of aryl methyl sites for hydroxylation is 1. The molecule has 1 heterocycles. The average molecular weight is 269 g/mol. The van der Waals surface area contributed by atoms with Crippen molar-refractivity contribution in [1.29, 1.82) is 0 Å². The molecule has 2 rings (SSSR count). The molecule has 98 valence electrons. The number of nitrogens with zero attached hydrogens (tertiary/aromatic N) is 1. The number of rotatable bonds is 1. The van der Waals surface area contributed by atoms with E-state index in [1.165, 1.54) is 0 Å². The lowest BCUT2D eigenvalue weighted by molar-refractivity contribution is 0.137. The maximum Gasteiger partial charge on any atom is 0.415 e. The van der Waals surface area contributed by atoms with Crippen LogP contribution in [0.15, 0.2) is 18.2 Å². The Labute approximate surface area is 112 Å². The number of nitrogens with two attached hydrogens (primary N) is 1. The van der Waals surface area contributed by atoms with Crippen LogP contribution in [0.1, 0.15) is 18.4 Å². The van der Waals surface area contributed by atoms with Gasteiger partial charge in [0.15, 0.2) is 5.75 Å². The first kappa shape index (κ1) is 13.2. The van der Waals surface area contributed by atoms with E-state index in [1.54, 1.807) is 17.0 Å². The van der Waals surface area contributed by atoms with E-state index in [0.29, 0.717) is 23.9 Å². The summed E-state index contributed by atoms with van der Waals surface area (Å²) in [4.78, 5) is 13.6. The van der Waals surface area contributed by atoms with Crippen molar-refractivity contribution in [2.45, 2.75) is 25.8 Å². The molecule has 1 atom stereocenters. The van der Waals surface area contributed by atoms with Crippen molar-refractivity contribution in [2.24, 2.45) is 5.73 Å². The lowest BCUT2D eigenvalue weighted by Gasteiger charge is -2.29. The van der Waals surface area contributed by atoms with Gasteiger partial charge in [-0.05, 0) is 37.5 Å². The largest absolute Gasteiger partial charge is 0.415 e. The number of benzene rings is 1. The Hall–Kier alpha value is -1.26. The molecule has 1 fully saturated rings. The van der Waals surface area contributed by atoms with Crippen LogP contribution in [0.2, 0.25) is 5.02 Å². The summed E-state index contributed by atoms with van der Waals surface area (Å²) in [5.41, 5.74) is 6.83. The fourth-order valence-corrected chi connectivity index (χ4v) is 2.18. The minimum atomic E-state index is -0.377. The van der Waals surface area contributed by atoms with Crippen LogP contribution < -0.4 is 10.5 Å². The lowest BCUT2D eigenvalue weighted by Crippen LogP contribution is -2.46. The van der Waals surface area contributed by atoms with Gasteiger partial charge in [-0.3, -0.25) is 0 Å². The normalized spacial score (nSPS) is 19.7. The van der Waals surface area contributed by atoms with Gasteiger partial charge in [0.25, 0.3) is 0 Å². The van der Waals surface area contributed by atoms with E-state index >= 15 is 0 Å². The van der Waals surface area contributed by atoms with Gasteiger partial charge in [-0.15, -0.1) is 0 Å². The molecule has 1 saturated heterocycles. The summed E-state index contributed by atoms with van der Waals surface area (Å²) >= 11 is 5.99. The van der Waals surface area contributed by atoms with E-state index in [-0.39, 0.29) is 12.1 Å². The Morgan fingerprint density at radius 2 is 2.33 bits per heavy atom. The predicted octanol–water partition coefficient (Wildman–Crippen LogP) is 2.57. The Balaban J connectivity index is 2.04. The monoisotopic (exact) mass is 268 g/mol. The third-order valence-corrected chi connectivity index (χ3v) is 3.31. The highest BCUT2D eigenvalue weighted by atomic mass is 35.5. The third-order valence-electron chi connectivity index (χ3n) is 3.00. The summed E-state index contributed by atoms with van der Waals surface area (Å²) < 4.78 is 5.31. The van der Waals surface area contributed by atoms with Crippen LogP contribution in [0, 0.1) is 6.92 Å². The summed E-state index contributed by atoms with van der Waals surface area (Å²) in [5.74, 6) is 0.404. The van der Waals surface area contributed by atoms with Crippen LogP contribution in [-0.4, -0.2) is 30.1 Å². The number of hydrogen-bond acceptors (Lipinski definition) is 3. The van der Waals surface area contributed by atoms with Gasteiger partial charge in [0, 0.05) is 19.1 Å². The summed E-state index contributed by atoms with van der Waals surface area (Å²) in [6.07, 6.45) is 1.49. The van der Waals surface area contributed by atoms with E-state index in [1.807, 2.05) is 13.0 Å².